The van der Waals surface area contributed by atoms with E-state index in [0.29, 0.717) is 18.1 Å². The molecule has 4 nitrogen and oxygen atoms in total. The molecule has 1 unspecified atom stereocenters. The van der Waals surface area contributed by atoms with Crippen LogP contribution in [0.1, 0.15) is 26.7 Å². The van der Waals surface area contributed by atoms with Crippen LogP contribution in [0.2, 0.25) is 0 Å². The molecule has 0 aromatic carbocycles. The van der Waals surface area contributed by atoms with Gasteiger partial charge >= 0.3 is 0 Å². The fourth-order valence-electron chi connectivity index (χ4n) is 2.10. The Hall–Kier alpha value is -0.230. The van der Waals surface area contributed by atoms with Crippen molar-refractivity contribution in [3.8, 4) is 0 Å². The van der Waals surface area contributed by atoms with Gasteiger partial charge < -0.3 is 5.32 Å². The summed E-state index contributed by atoms with van der Waals surface area (Å²) in [5.74, 6) is 1.97. The molecule has 0 radical (unpaired) electrons. The smallest absolute Gasteiger partial charge is 0.156 e. The van der Waals surface area contributed by atoms with Crippen LogP contribution in [0.3, 0.4) is 0 Å². The first-order chi connectivity index (χ1) is 7.86. The van der Waals surface area contributed by atoms with Gasteiger partial charge in [0.2, 0.25) is 0 Å². The van der Waals surface area contributed by atoms with E-state index < -0.39 is 9.84 Å². The largest absolute Gasteiger partial charge is 0.360 e. The Morgan fingerprint density at radius 2 is 2.29 bits per heavy atom. The molecule has 2 heterocycles. The summed E-state index contributed by atoms with van der Waals surface area (Å²) in [7, 11) is -2.77. The van der Waals surface area contributed by atoms with Gasteiger partial charge in [-0.25, -0.2) is 8.42 Å². The topological polar surface area (TPSA) is 58.5 Å². The van der Waals surface area contributed by atoms with Crippen molar-refractivity contribution < 1.29 is 8.42 Å². The zero-order chi connectivity index (χ0) is 12.5. The third-order valence-electron chi connectivity index (χ3n) is 3.23. The van der Waals surface area contributed by atoms with Gasteiger partial charge in [0.25, 0.3) is 0 Å². The normalized spacial score (nSPS) is 33.5. The molecule has 1 N–H and O–H groups in total. The summed E-state index contributed by atoms with van der Waals surface area (Å²) >= 11 is 1.74. The number of nitrogens with zero attached hydrogens (tertiary/aromatic N) is 1. The van der Waals surface area contributed by atoms with Crippen LogP contribution in [0.5, 0.6) is 0 Å². The van der Waals surface area contributed by atoms with Crippen LogP contribution < -0.4 is 5.32 Å². The van der Waals surface area contributed by atoms with Gasteiger partial charge in [-0.3, -0.25) is 4.99 Å². The van der Waals surface area contributed by atoms with E-state index in [9.17, 15) is 8.42 Å². The lowest BCUT2D eigenvalue weighted by atomic mass is 10.0. The Bertz CT molecular complexity index is 415. The van der Waals surface area contributed by atoms with Gasteiger partial charge in [-0.05, 0) is 32.6 Å². The average Bonchev–Trinajstić information content (AvgIpc) is 2.54. The molecule has 0 saturated carbocycles. The van der Waals surface area contributed by atoms with Crippen molar-refractivity contribution in [2.24, 2.45) is 10.9 Å². The van der Waals surface area contributed by atoms with E-state index in [1.807, 2.05) is 0 Å². The molecule has 2 saturated heterocycles. The van der Waals surface area contributed by atoms with E-state index in [4.69, 9.17) is 0 Å². The zero-order valence-electron chi connectivity index (χ0n) is 10.4. The highest BCUT2D eigenvalue weighted by Crippen LogP contribution is 2.23. The average molecular weight is 276 g/mol. The van der Waals surface area contributed by atoms with E-state index >= 15 is 0 Å². The van der Waals surface area contributed by atoms with Crippen molar-refractivity contribution in [2.45, 2.75) is 32.2 Å². The molecule has 1 atom stereocenters. The van der Waals surface area contributed by atoms with Crippen LogP contribution in [-0.4, -0.2) is 42.9 Å². The third kappa shape index (κ3) is 3.88. The Morgan fingerprint density at radius 3 is 2.88 bits per heavy atom. The van der Waals surface area contributed by atoms with Gasteiger partial charge in [-0.15, -0.1) is 0 Å². The van der Waals surface area contributed by atoms with E-state index in [1.54, 1.807) is 11.8 Å². The molecule has 0 aliphatic carbocycles. The monoisotopic (exact) mass is 276 g/mol. The minimum absolute atomic E-state index is 0.117. The second-order valence-corrected chi connectivity index (χ2v) is 8.83. The number of aliphatic imine (C=N–C) groups is 1. The van der Waals surface area contributed by atoms with Gasteiger partial charge in [0.1, 0.15) is 0 Å². The van der Waals surface area contributed by atoms with E-state index in [-0.39, 0.29) is 11.5 Å². The lowest BCUT2D eigenvalue weighted by Gasteiger charge is -2.32. The first-order valence-electron chi connectivity index (χ1n) is 6.02. The molecule has 17 heavy (non-hydrogen) atoms. The number of thioether (sulfide) groups is 1. The van der Waals surface area contributed by atoms with Crippen LogP contribution >= 0.6 is 11.8 Å². The van der Waals surface area contributed by atoms with Crippen LogP contribution in [0.4, 0.5) is 0 Å². The maximum absolute atomic E-state index is 11.3. The second-order valence-electron chi connectivity index (χ2n) is 5.52. The van der Waals surface area contributed by atoms with Crippen molar-refractivity contribution in [1.29, 1.82) is 0 Å². The number of amidine groups is 1. The lowest BCUT2D eigenvalue weighted by Crippen LogP contribution is -2.46. The third-order valence-corrected chi connectivity index (χ3v) is 5.98. The summed E-state index contributed by atoms with van der Waals surface area (Å²) < 4.78 is 22.7. The number of sulfone groups is 1. The highest BCUT2D eigenvalue weighted by atomic mass is 32.2. The molecule has 6 heteroatoms. The molecular weight excluding hydrogens is 256 g/mol. The predicted molar refractivity (Wildman–Crippen MR) is 73.4 cm³/mol. The van der Waals surface area contributed by atoms with Crippen molar-refractivity contribution in [3.05, 3.63) is 0 Å². The lowest BCUT2D eigenvalue weighted by molar-refractivity contribution is 0.445. The van der Waals surface area contributed by atoms with Gasteiger partial charge in [-0.2, -0.15) is 0 Å². The summed E-state index contributed by atoms with van der Waals surface area (Å²) in [6, 6.07) is 0. The van der Waals surface area contributed by atoms with Crippen LogP contribution in [0.25, 0.3) is 0 Å². The van der Waals surface area contributed by atoms with Crippen molar-refractivity contribution in [3.63, 3.8) is 0 Å². The Labute approximate surface area is 108 Å². The molecule has 2 aliphatic heterocycles. The number of nitrogens with one attached hydrogen (secondary N) is 1. The summed E-state index contributed by atoms with van der Waals surface area (Å²) in [4.78, 5) is 4.53. The van der Waals surface area contributed by atoms with Crippen LogP contribution in [0, 0.1) is 5.92 Å². The van der Waals surface area contributed by atoms with E-state index in [1.165, 1.54) is 0 Å². The maximum Gasteiger partial charge on any atom is 0.156 e. The highest BCUT2D eigenvalue weighted by Gasteiger charge is 2.28. The first-order valence-corrected chi connectivity index (χ1v) is 8.83. The Balaban J connectivity index is 1.89. The summed E-state index contributed by atoms with van der Waals surface area (Å²) in [6.45, 7) is 4.98. The maximum atomic E-state index is 11.3. The Kier molecular flexibility index (Phi) is 3.73. The fraction of sp³-hybridized carbons (Fsp3) is 0.909. The quantitative estimate of drug-likeness (QED) is 0.825. The molecule has 0 spiro atoms. The van der Waals surface area contributed by atoms with E-state index in [2.05, 4.69) is 24.2 Å². The van der Waals surface area contributed by atoms with Crippen LogP contribution in [0.15, 0.2) is 4.99 Å². The second kappa shape index (κ2) is 4.80. The minimum Gasteiger partial charge on any atom is -0.360 e. The summed E-state index contributed by atoms with van der Waals surface area (Å²) in [6.07, 6.45) is 1.90. The molecule has 2 rings (SSSR count). The molecule has 0 bridgehead atoms. The molecule has 2 fully saturated rings. The molecule has 0 aromatic heterocycles. The minimum atomic E-state index is -2.77. The van der Waals surface area contributed by atoms with Gasteiger partial charge in [0, 0.05) is 17.8 Å². The van der Waals surface area contributed by atoms with Crippen molar-refractivity contribution >= 4 is 26.8 Å². The molecule has 2 aliphatic rings. The fourth-order valence-corrected chi connectivity index (χ4v) is 5.27. The van der Waals surface area contributed by atoms with Gasteiger partial charge in [0.05, 0.1) is 11.5 Å². The van der Waals surface area contributed by atoms with E-state index in [0.717, 1.165) is 23.8 Å². The number of hydrogen-bond donors (Lipinski definition) is 1. The van der Waals surface area contributed by atoms with Crippen LogP contribution in [-0.2, 0) is 9.84 Å². The van der Waals surface area contributed by atoms with Gasteiger partial charge in [0.15, 0.2) is 15.0 Å². The van der Waals surface area contributed by atoms with Crippen molar-refractivity contribution in [2.75, 3.05) is 23.8 Å². The predicted octanol–water partition coefficient (Wildman–Crippen LogP) is 1.28. The zero-order valence-corrected chi connectivity index (χ0v) is 12.0. The molecule has 0 aromatic rings. The summed E-state index contributed by atoms with van der Waals surface area (Å²) in [5, 5.41) is 4.38. The number of rotatable bonds is 2. The van der Waals surface area contributed by atoms with Gasteiger partial charge in [-0.1, -0.05) is 11.8 Å². The molecule has 98 valence electrons. The SMILES string of the molecule is CC1(C)CCSC(=NCC2CCS(=O)(=O)C2)N1. The highest BCUT2D eigenvalue weighted by molar-refractivity contribution is 8.13. The van der Waals surface area contributed by atoms with Crippen molar-refractivity contribution in [1.82, 2.24) is 5.32 Å². The molecule has 0 amide bonds. The first kappa shape index (κ1) is 13.2. The molecular formula is C11H20N2O2S2. The Morgan fingerprint density at radius 1 is 1.53 bits per heavy atom. The standard InChI is InChI=1S/C11H20N2O2S2/c1-11(2)4-5-16-10(13-11)12-7-9-3-6-17(14,15)8-9/h9H,3-8H2,1-2H3,(H,12,13). The number of hydrogen-bond acceptors (Lipinski definition) is 4. The summed E-state index contributed by atoms with van der Waals surface area (Å²) in [5.41, 5.74) is 0.117.